The number of pyridine rings is 1. The molecular weight excluding hydrogens is 468 g/mol. The van der Waals surface area contributed by atoms with E-state index < -0.39 is 0 Å². The van der Waals surface area contributed by atoms with E-state index in [0.717, 1.165) is 42.2 Å². The van der Waals surface area contributed by atoms with E-state index in [4.69, 9.17) is 4.74 Å². The molecule has 2 aromatic carbocycles. The molecule has 0 bridgehead atoms. The summed E-state index contributed by atoms with van der Waals surface area (Å²) in [6, 6.07) is 16.8. The van der Waals surface area contributed by atoms with Crippen molar-refractivity contribution in [1.82, 2.24) is 14.8 Å². The van der Waals surface area contributed by atoms with Crippen molar-refractivity contribution in [3.8, 4) is 0 Å². The molecule has 1 aliphatic rings. The smallest absolute Gasteiger partial charge is 0.302 e. The minimum absolute atomic E-state index is 0.0569. The molecule has 2 atom stereocenters. The topological polar surface area (TPSA) is 45.7 Å². The Balaban J connectivity index is 1.53. The summed E-state index contributed by atoms with van der Waals surface area (Å²) in [5.74, 6) is -0.872. The Morgan fingerprint density at radius 1 is 0.857 bits per heavy atom. The Bertz CT molecular complexity index is 1050. The van der Waals surface area contributed by atoms with Gasteiger partial charge in [0.2, 0.25) is 0 Å². The quantitative estimate of drug-likeness (QED) is 0.317. The predicted octanol–water partition coefficient (Wildman–Crippen LogP) is 5.14. The number of piperazine rings is 1. The van der Waals surface area contributed by atoms with Crippen LogP contribution in [0.15, 0.2) is 78.0 Å². The maximum atomic E-state index is 13.6. The van der Waals surface area contributed by atoms with Gasteiger partial charge in [-0.05, 0) is 54.4 Å². The average Bonchev–Trinajstić information content (AvgIpc) is 2.86. The van der Waals surface area contributed by atoms with E-state index in [0.29, 0.717) is 0 Å². The van der Waals surface area contributed by atoms with Crippen LogP contribution in [0.5, 0.6) is 0 Å². The molecule has 0 aliphatic carbocycles. The standard InChI is InChI=1S/C27H29F2N3O2S/c1-19(34-20(2)33)27(35-25-11-13-30-14-12-25)32-17-15-31(16-18-32)26(21-3-7-23(28)8-4-21)22-5-9-24(29)10-6-22/h3-14,19,26-27H,15-18H2,1-2H3. The maximum absolute atomic E-state index is 13.6. The highest BCUT2D eigenvalue weighted by molar-refractivity contribution is 8.00. The summed E-state index contributed by atoms with van der Waals surface area (Å²) in [5, 5.41) is -0.0569. The van der Waals surface area contributed by atoms with Gasteiger partial charge in [0.1, 0.15) is 17.7 Å². The number of carbonyl (C=O) groups is 1. The summed E-state index contributed by atoms with van der Waals surface area (Å²) in [4.78, 5) is 21.5. The lowest BCUT2D eigenvalue weighted by Crippen LogP contribution is -2.53. The SMILES string of the molecule is CC(=O)OC(C)C(Sc1ccncc1)N1CCN(C(c2ccc(F)cc2)c2ccc(F)cc2)CC1. The molecule has 0 saturated carbocycles. The molecular formula is C27H29F2N3O2S. The molecule has 4 rings (SSSR count). The number of carbonyl (C=O) groups excluding carboxylic acids is 1. The molecule has 184 valence electrons. The van der Waals surface area contributed by atoms with Crippen LogP contribution in [0, 0.1) is 11.6 Å². The summed E-state index contributed by atoms with van der Waals surface area (Å²) < 4.78 is 32.8. The largest absolute Gasteiger partial charge is 0.460 e. The zero-order valence-electron chi connectivity index (χ0n) is 19.8. The molecule has 3 aromatic rings. The van der Waals surface area contributed by atoms with Gasteiger partial charge in [-0.1, -0.05) is 24.3 Å². The van der Waals surface area contributed by atoms with E-state index in [1.807, 2.05) is 19.1 Å². The van der Waals surface area contributed by atoms with E-state index in [1.54, 1.807) is 48.4 Å². The minimum Gasteiger partial charge on any atom is -0.460 e. The summed E-state index contributed by atoms with van der Waals surface area (Å²) in [5.41, 5.74) is 1.92. The number of hydrogen-bond donors (Lipinski definition) is 0. The van der Waals surface area contributed by atoms with Crippen molar-refractivity contribution in [3.63, 3.8) is 0 Å². The van der Waals surface area contributed by atoms with Gasteiger partial charge in [0.15, 0.2) is 0 Å². The summed E-state index contributed by atoms with van der Waals surface area (Å²) >= 11 is 1.66. The van der Waals surface area contributed by atoms with Crippen molar-refractivity contribution in [2.45, 2.75) is 36.3 Å². The number of halogens is 2. The molecule has 1 aliphatic heterocycles. The van der Waals surface area contributed by atoms with Crippen LogP contribution in [0.2, 0.25) is 0 Å². The minimum atomic E-state index is -0.304. The van der Waals surface area contributed by atoms with Crippen molar-refractivity contribution in [3.05, 3.63) is 95.8 Å². The molecule has 5 nitrogen and oxygen atoms in total. The normalized spacial score (nSPS) is 16.7. The van der Waals surface area contributed by atoms with Gasteiger partial charge in [-0.3, -0.25) is 19.6 Å². The maximum Gasteiger partial charge on any atom is 0.302 e. The summed E-state index contributed by atoms with van der Waals surface area (Å²) in [6.07, 6.45) is 3.20. The number of ether oxygens (including phenoxy) is 1. The van der Waals surface area contributed by atoms with Crippen LogP contribution in [0.1, 0.15) is 31.0 Å². The highest BCUT2D eigenvalue weighted by Crippen LogP contribution is 2.33. The number of thioether (sulfide) groups is 1. The molecule has 0 spiro atoms. The monoisotopic (exact) mass is 497 g/mol. The third kappa shape index (κ3) is 6.66. The first kappa shape index (κ1) is 25.3. The first-order chi connectivity index (χ1) is 16.9. The molecule has 8 heteroatoms. The van der Waals surface area contributed by atoms with E-state index in [9.17, 15) is 13.6 Å². The molecule has 2 heterocycles. The summed E-state index contributed by atoms with van der Waals surface area (Å²) in [7, 11) is 0. The van der Waals surface area contributed by atoms with Gasteiger partial charge in [-0.25, -0.2) is 8.78 Å². The number of benzene rings is 2. The van der Waals surface area contributed by atoms with Crippen LogP contribution in [0.25, 0.3) is 0 Å². The van der Waals surface area contributed by atoms with E-state index >= 15 is 0 Å². The van der Waals surface area contributed by atoms with Gasteiger partial charge in [-0.2, -0.15) is 0 Å². The molecule has 35 heavy (non-hydrogen) atoms. The van der Waals surface area contributed by atoms with Crippen LogP contribution in [0.4, 0.5) is 8.78 Å². The number of nitrogens with zero attached hydrogens (tertiary/aromatic N) is 3. The van der Waals surface area contributed by atoms with E-state index in [2.05, 4.69) is 14.8 Å². The lowest BCUT2D eigenvalue weighted by molar-refractivity contribution is -0.147. The second-order valence-corrected chi connectivity index (χ2v) is 9.77. The second-order valence-electron chi connectivity index (χ2n) is 8.58. The van der Waals surface area contributed by atoms with Crippen molar-refractivity contribution >= 4 is 17.7 Å². The van der Waals surface area contributed by atoms with Crippen LogP contribution in [-0.2, 0) is 9.53 Å². The van der Waals surface area contributed by atoms with Crippen molar-refractivity contribution in [2.24, 2.45) is 0 Å². The Kier molecular flexibility index (Phi) is 8.49. The van der Waals surface area contributed by atoms with Crippen molar-refractivity contribution in [2.75, 3.05) is 26.2 Å². The Hall–Kier alpha value is -2.81. The van der Waals surface area contributed by atoms with Gasteiger partial charge in [0.05, 0.1) is 11.4 Å². The van der Waals surface area contributed by atoms with Crippen molar-refractivity contribution < 1.29 is 18.3 Å². The zero-order valence-corrected chi connectivity index (χ0v) is 20.6. The first-order valence-corrected chi connectivity index (χ1v) is 12.5. The average molecular weight is 498 g/mol. The molecule has 0 N–H and O–H groups in total. The predicted molar refractivity (Wildman–Crippen MR) is 133 cm³/mol. The van der Waals surface area contributed by atoms with Crippen LogP contribution in [0.3, 0.4) is 0 Å². The van der Waals surface area contributed by atoms with E-state index in [1.165, 1.54) is 31.2 Å². The van der Waals surface area contributed by atoms with Gasteiger partial charge >= 0.3 is 5.97 Å². The van der Waals surface area contributed by atoms with Crippen LogP contribution < -0.4 is 0 Å². The fourth-order valence-corrected chi connectivity index (χ4v) is 5.66. The number of hydrogen-bond acceptors (Lipinski definition) is 6. The van der Waals surface area contributed by atoms with Crippen LogP contribution in [-0.4, -0.2) is 58.4 Å². The fraction of sp³-hybridized carbons (Fsp3) is 0.333. The Labute approximate surface area is 209 Å². The number of esters is 1. The lowest BCUT2D eigenvalue weighted by Gasteiger charge is -2.43. The molecule has 1 fully saturated rings. The molecule has 0 radical (unpaired) electrons. The molecule has 1 aromatic heterocycles. The van der Waals surface area contributed by atoms with Gasteiger partial charge < -0.3 is 4.74 Å². The van der Waals surface area contributed by atoms with Crippen molar-refractivity contribution in [1.29, 1.82) is 0 Å². The Morgan fingerprint density at radius 2 is 1.34 bits per heavy atom. The number of rotatable bonds is 8. The summed E-state index contributed by atoms with van der Waals surface area (Å²) in [6.45, 7) is 6.37. The Morgan fingerprint density at radius 3 is 1.83 bits per heavy atom. The lowest BCUT2D eigenvalue weighted by atomic mass is 9.96. The van der Waals surface area contributed by atoms with E-state index in [-0.39, 0.29) is 35.1 Å². The van der Waals surface area contributed by atoms with Crippen LogP contribution >= 0.6 is 11.8 Å². The first-order valence-electron chi connectivity index (χ1n) is 11.6. The van der Waals surface area contributed by atoms with Gasteiger partial charge in [0, 0.05) is 50.4 Å². The van der Waals surface area contributed by atoms with Gasteiger partial charge in [-0.15, -0.1) is 11.8 Å². The molecule has 1 saturated heterocycles. The number of aromatic nitrogens is 1. The highest BCUT2D eigenvalue weighted by Gasteiger charge is 2.33. The zero-order chi connectivity index (χ0) is 24.8. The third-order valence-corrected chi connectivity index (χ3v) is 7.57. The molecule has 0 amide bonds. The van der Waals surface area contributed by atoms with Gasteiger partial charge in [0.25, 0.3) is 0 Å². The second kappa shape index (κ2) is 11.7. The fourth-order valence-electron chi connectivity index (χ4n) is 4.50. The highest BCUT2D eigenvalue weighted by atomic mass is 32.2. The molecule has 2 unspecified atom stereocenters. The third-order valence-electron chi connectivity index (χ3n) is 6.11.